The molecular formula is C55H34N4. The minimum absolute atomic E-state index is 0.642. The second-order valence-electron chi connectivity index (χ2n) is 15.2. The van der Waals surface area contributed by atoms with E-state index in [9.17, 15) is 0 Å². The molecule has 274 valence electrons. The van der Waals surface area contributed by atoms with Crippen molar-refractivity contribution in [2.45, 2.75) is 0 Å². The number of rotatable bonds is 5. The predicted octanol–water partition coefficient (Wildman–Crippen LogP) is 14.2. The average molecular weight is 751 g/mol. The third-order valence-corrected chi connectivity index (χ3v) is 11.8. The highest BCUT2D eigenvalue weighted by atomic mass is 15.0. The first-order valence-electron chi connectivity index (χ1n) is 20.0. The van der Waals surface area contributed by atoms with E-state index in [-0.39, 0.29) is 0 Å². The van der Waals surface area contributed by atoms with E-state index in [0.29, 0.717) is 17.5 Å². The lowest BCUT2D eigenvalue weighted by Gasteiger charge is -2.14. The number of hydrogen-bond acceptors (Lipinski definition) is 3. The fourth-order valence-electron chi connectivity index (χ4n) is 8.96. The van der Waals surface area contributed by atoms with Gasteiger partial charge in [-0.1, -0.05) is 164 Å². The van der Waals surface area contributed by atoms with E-state index >= 15 is 0 Å². The van der Waals surface area contributed by atoms with Crippen LogP contribution in [0.25, 0.3) is 116 Å². The summed E-state index contributed by atoms with van der Waals surface area (Å²) in [7, 11) is 0. The Morgan fingerprint density at radius 2 is 0.780 bits per heavy atom. The van der Waals surface area contributed by atoms with Crippen molar-refractivity contribution in [3.8, 4) is 51.0 Å². The molecule has 0 radical (unpaired) electrons. The Bertz CT molecular complexity index is 3550. The van der Waals surface area contributed by atoms with Crippen molar-refractivity contribution in [1.82, 2.24) is 19.5 Å². The van der Waals surface area contributed by atoms with E-state index in [1.807, 2.05) is 60.7 Å². The average Bonchev–Trinajstić information content (AvgIpc) is 3.64. The van der Waals surface area contributed by atoms with E-state index in [1.165, 1.54) is 64.9 Å². The molecule has 0 saturated heterocycles. The summed E-state index contributed by atoms with van der Waals surface area (Å²) in [5.41, 5.74) is 8.65. The van der Waals surface area contributed by atoms with Crippen molar-refractivity contribution < 1.29 is 0 Å². The van der Waals surface area contributed by atoms with Crippen LogP contribution in [0.4, 0.5) is 0 Å². The summed E-state index contributed by atoms with van der Waals surface area (Å²) in [5, 5.41) is 12.4. The molecule has 0 bridgehead atoms. The monoisotopic (exact) mass is 750 g/mol. The van der Waals surface area contributed by atoms with Crippen LogP contribution in [0.1, 0.15) is 0 Å². The normalized spacial score (nSPS) is 11.7. The summed E-state index contributed by atoms with van der Waals surface area (Å²) in [5.74, 6) is 1.94. The molecule has 12 aromatic rings. The fraction of sp³-hybridized carbons (Fsp3) is 0. The zero-order valence-electron chi connectivity index (χ0n) is 31.9. The van der Waals surface area contributed by atoms with Crippen LogP contribution >= 0.6 is 0 Å². The molecule has 0 saturated carbocycles. The highest BCUT2D eigenvalue weighted by Crippen LogP contribution is 2.42. The first-order valence-corrected chi connectivity index (χ1v) is 20.0. The molecule has 0 aliphatic heterocycles. The topological polar surface area (TPSA) is 43.6 Å². The molecule has 0 unspecified atom stereocenters. The standard InChI is InChI=1S/C55H34N4/c1-3-15-36(16-4-1)53-56-54(37-17-5-2-6-18-37)58-55(57-53)41-21-13-20-38(30-41)40-27-29-45-47(32-40)43-22-9-10-23-44(43)49-34-52-50(33-48(45)49)46-24-11-12-25-51(46)59(52)42-28-26-35-14-7-8-19-39(35)31-42/h1-34H. The molecule has 0 N–H and O–H groups in total. The van der Waals surface area contributed by atoms with Gasteiger partial charge in [-0.05, 0) is 96.7 Å². The third-order valence-electron chi connectivity index (χ3n) is 11.8. The number of benzene rings is 10. The number of aromatic nitrogens is 4. The lowest BCUT2D eigenvalue weighted by atomic mass is 9.91. The van der Waals surface area contributed by atoms with E-state index in [0.717, 1.165) is 33.5 Å². The van der Waals surface area contributed by atoms with Gasteiger partial charge in [0.05, 0.1) is 11.0 Å². The smallest absolute Gasteiger partial charge is 0.164 e. The van der Waals surface area contributed by atoms with Crippen LogP contribution in [-0.2, 0) is 0 Å². The Labute approximate surface area is 340 Å². The minimum Gasteiger partial charge on any atom is -0.309 e. The zero-order chi connectivity index (χ0) is 38.9. The zero-order valence-corrected chi connectivity index (χ0v) is 31.9. The number of nitrogens with zero attached hydrogens (tertiary/aromatic N) is 4. The van der Waals surface area contributed by atoms with Crippen LogP contribution in [0.5, 0.6) is 0 Å². The van der Waals surface area contributed by atoms with Crippen LogP contribution in [-0.4, -0.2) is 19.5 Å². The van der Waals surface area contributed by atoms with Crippen LogP contribution in [0.3, 0.4) is 0 Å². The summed E-state index contributed by atoms with van der Waals surface area (Å²) in [6.07, 6.45) is 0. The van der Waals surface area contributed by atoms with Crippen molar-refractivity contribution in [3.05, 3.63) is 206 Å². The van der Waals surface area contributed by atoms with Gasteiger partial charge in [0.2, 0.25) is 0 Å². The second-order valence-corrected chi connectivity index (χ2v) is 15.2. The van der Waals surface area contributed by atoms with Gasteiger partial charge in [0, 0.05) is 33.2 Å². The summed E-state index contributed by atoms with van der Waals surface area (Å²) in [6.45, 7) is 0. The van der Waals surface area contributed by atoms with Gasteiger partial charge in [-0.25, -0.2) is 15.0 Å². The Morgan fingerprint density at radius 1 is 0.254 bits per heavy atom. The van der Waals surface area contributed by atoms with E-state index in [4.69, 9.17) is 15.0 Å². The number of hydrogen-bond donors (Lipinski definition) is 0. The molecule has 59 heavy (non-hydrogen) atoms. The third kappa shape index (κ3) is 5.49. The molecule has 0 spiro atoms. The Kier molecular flexibility index (Phi) is 7.50. The van der Waals surface area contributed by atoms with Gasteiger partial charge < -0.3 is 4.57 Å². The quantitative estimate of drug-likeness (QED) is 0.165. The predicted molar refractivity (Wildman–Crippen MR) is 246 cm³/mol. The summed E-state index contributed by atoms with van der Waals surface area (Å²) < 4.78 is 2.43. The Morgan fingerprint density at radius 3 is 1.51 bits per heavy atom. The highest BCUT2D eigenvalue weighted by Gasteiger charge is 2.18. The summed E-state index contributed by atoms with van der Waals surface area (Å²) >= 11 is 0. The molecule has 0 atom stereocenters. The van der Waals surface area contributed by atoms with Gasteiger partial charge >= 0.3 is 0 Å². The molecule has 0 fully saturated rings. The van der Waals surface area contributed by atoms with Gasteiger partial charge in [-0.15, -0.1) is 0 Å². The van der Waals surface area contributed by atoms with Crippen molar-refractivity contribution in [2.24, 2.45) is 0 Å². The lowest BCUT2D eigenvalue weighted by molar-refractivity contribution is 1.07. The number of para-hydroxylation sites is 1. The SMILES string of the molecule is c1ccc(-c2nc(-c3ccccc3)nc(-c3cccc(-c4ccc5c(c4)c4ccccc4c4cc6c(cc54)c4ccccc4n6-c4ccc5ccccc5c4)c3)n2)cc1. The maximum absolute atomic E-state index is 5.02. The second kappa shape index (κ2) is 13.3. The van der Waals surface area contributed by atoms with Crippen molar-refractivity contribution in [2.75, 3.05) is 0 Å². The van der Waals surface area contributed by atoms with Crippen molar-refractivity contribution in [1.29, 1.82) is 0 Å². The van der Waals surface area contributed by atoms with Gasteiger partial charge in [-0.2, -0.15) is 0 Å². The van der Waals surface area contributed by atoms with Crippen molar-refractivity contribution in [3.63, 3.8) is 0 Å². The van der Waals surface area contributed by atoms with Crippen LogP contribution in [0.2, 0.25) is 0 Å². The fourth-order valence-corrected chi connectivity index (χ4v) is 8.96. The van der Waals surface area contributed by atoms with E-state index in [1.54, 1.807) is 0 Å². The molecule has 0 aliphatic rings. The molecule has 10 aromatic carbocycles. The molecule has 4 nitrogen and oxygen atoms in total. The highest BCUT2D eigenvalue weighted by molar-refractivity contribution is 6.29. The van der Waals surface area contributed by atoms with Gasteiger partial charge in [-0.3, -0.25) is 0 Å². The maximum Gasteiger partial charge on any atom is 0.164 e. The van der Waals surface area contributed by atoms with Crippen molar-refractivity contribution >= 4 is 64.9 Å². The molecule has 0 amide bonds. The molecule has 4 heteroatoms. The molecule has 12 rings (SSSR count). The maximum atomic E-state index is 5.02. The summed E-state index contributed by atoms with van der Waals surface area (Å²) in [4.78, 5) is 14.9. The van der Waals surface area contributed by atoms with Crippen LogP contribution in [0.15, 0.2) is 206 Å². The molecular weight excluding hydrogens is 717 g/mol. The van der Waals surface area contributed by atoms with E-state index < -0.39 is 0 Å². The van der Waals surface area contributed by atoms with Gasteiger partial charge in [0.15, 0.2) is 17.5 Å². The minimum atomic E-state index is 0.642. The largest absolute Gasteiger partial charge is 0.309 e. The van der Waals surface area contributed by atoms with Gasteiger partial charge in [0.25, 0.3) is 0 Å². The summed E-state index contributed by atoms with van der Waals surface area (Å²) in [6, 6.07) is 73.6. The first kappa shape index (κ1) is 33.2. The first-order chi connectivity index (χ1) is 29.2. The Balaban J connectivity index is 1.04. The van der Waals surface area contributed by atoms with Crippen LogP contribution in [0, 0.1) is 0 Å². The van der Waals surface area contributed by atoms with Crippen LogP contribution < -0.4 is 0 Å². The Hall–Kier alpha value is -7.95. The van der Waals surface area contributed by atoms with Gasteiger partial charge in [0.1, 0.15) is 0 Å². The lowest BCUT2D eigenvalue weighted by Crippen LogP contribution is -2.00. The molecule has 0 aliphatic carbocycles. The number of fused-ring (bicyclic) bond motifs is 10. The molecule has 2 aromatic heterocycles. The van der Waals surface area contributed by atoms with E-state index in [2.05, 4.69) is 150 Å². The molecule has 2 heterocycles.